The Hall–Kier alpha value is -2.02. The number of hydrogen-bond acceptors (Lipinski definition) is 4. The van der Waals surface area contributed by atoms with Crippen molar-refractivity contribution < 1.29 is 18.7 Å². The van der Waals surface area contributed by atoms with E-state index in [1.165, 1.54) is 12.1 Å². The molecule has 1 aromatic heterocycles. The van der Waals surface area contributed by atoms with E-state index < -0.39 is 5.82 Å². The summed E-state index contributed by atoms with van der Waals surface area (Å²) >= 11 is 5.95. The Kier molecular flexibility index (Phi) is 5.96. The Labute approximate surface area is 150 Å². The Balaban J connectivity index is 1.63. The van der Waals surface area contributed by atoms with Gasteiger partial charge in [-0.15, -0.1) is 0 Å². The predicted octanol–water partition coefficient (Wildman–Crippen LogP) is 2.98. The Bertz CT molecular complexity index is 730. The molecule has 0 radical (unpaired) electrons. The molecule has 0 saturated carbocycles. The molecule has 0 bridgehead atoms. The lowest BCUT2D eigenvalue weighted by atomic mass is 10.0. The number of benzene rings is 1. The number of carbonyl (C=O) groups excluding carboxylic acids is 1. The highest BCUT2D eigenvalue weighted by Crippen LogP contribution is 2.19. The van der Waals surface area contributed by atoms with E-state index in [-0.39, 0.29) is 28.6 Å². The highest BCUT2D eigenvalue weighted by atomic mass is 35.5. The lowest BCUT2D eigenvalue weighted by Crippen LogP contribution is -2.50. The quantitative estimate of drug-likeness (QED) is 0.886. The van der Waals surface area contributed by atoms with Gasteiger partial charge in [0.2, 0.25) is 0 Å². The van der Waals surface area contributed by atoms with Crippen LogP contribution in [0.5, 0.6) is 0 Å². The molecule has 1 saturated heterocycles. The largest absolute Gasteiger partial charge is 0.379 e. The molecular weight excluding hydrogens is 347 g/mol. The minimum absolute atomic E-state index is 0.0792. The molecule has 25 heavy (non-hydrogen) atoms. The average Bonchev–Trinajstić information content (AvgIpc) is 2.61. The van der Waals surface area contributed by atoms with Gasteiger partial charge in [0.1, 0.15) is 11.9 Å². The summed E-state index contributed by atoms with van der Waals surface area (Å²) in [6, 6.07) is 9.08. The number of amides is 1. The molecule has 1 N–H and O–H groups in total. The first-order valence-corrected chi connectivity index (χ1v) is 8.36. The second-order valence-electron chi connectivity index (χ2n) is 5.74. The van der Waals surface area contributed by atoms with Crippen LogP contribution in [0.15, 0.2) is 42.6 Å². The van der Waals surface area contributed by atoms with Crippen LogP contribution in [0.3, 0.4) is 0 Å². The second-order valence-corrected chi connectivity index (χ2v) is 6.15. The molecule has 3 rings (SSSR count). The van der Waals surface area contributed by atoms with Gasteiger partial charge in [0, 0.05) is 12.8 Å². The summed E-state index contributed by atoms with van der Waals surface area (Å²) in [6.45, 7) is 1.25. The Morgan fingerprint density at radius 1 is 1.40 bits per heavy atom. The SMILES string of the molecule is O=C(N[C@@H]1CCOC[C@H]1OCc1ccccn1)c1ccc(F)cc1Cl. The molecule has 0 unspecified atom stereocenters. The number of nitrogens with zero attached hydrogens (tertiary/aromatic N) is 1. The van der Waals surface area contributed by atoms with E-state index in [4.69, 9.17) is 21.1 Å². The number of carbonyl (C=O) groups is 1. The molecule has 0 aliphatic carbocycles. The third kappa shape index (κ3) is 4.75. The first kappa shape index (κ1) is 17.8. The van der Waals surface area contributed by atoms with Gasteiger partial charge in [0.05, 0.1) is 35.5 Å². The van der Waals surface area contributed by atoms with E-state index in [1.807, 2.05) is 18.2 Å². The summed E-state index contributed by atoms with van der Waals surface area (Å²) in [5.74, 6) is -0.840. The molecule has 2 aromatic rings. The lowest BCUT2D eigenvalue weighted by molar-refractivity contribution is -0.0743. The maximum absolute atomic E-state index is 13.1. The van der Waals surface area contributed by atoms with Crippen LogP contribution in [0, 0.1) is 5.82 Å². The van der Waals surface area contributed by atoms with Crippen LogP contribution >= 0.6 is 11.6 Å². The van der Waals surface area contributed by atoms with Crippen LogP contribution in [0.2, 0.25) is 5.02 Å². The summed E-state index contributed by atoms with van der Waals surface area (Å²) in [6.07, 6.45) is 2.03. The topological polar surface area (TPSA) is 60.5 Å². The maximum atomic E-state index is 13.1. The van der Waals surface area contributed by atoms with Crippen molar-refractivity contribution in [3.05, 3.63) is 64.7 Å². The summed E-state index contributed by atoms with van der Waals surface area (Å²) in [7, 11) is 0. The van der Waals surface area contributed by atoms with Gasteiger partial charge >= 0.3 is 0 Å². The number of hydrogen-bond donors (Lipinski definition) is 1. The van der Waals surface area contributed by atoms with E-state index in [0.29, 0.717) is 26.2 Å². The Morgan fingerprint density at radius 2 is 2.28 bits per heavy atom. The molecular formula is C18H18ClFN2O3. The van der Waals surface area contributed by atoms with Gasteiger partial charge in [-0.25, -0.2) is 4.39 Å². The second kappa shape index (κ2) is 8.38. The van der Waals surface area contributed by atoms with Gasteiger partial charge in [-0.1, -0.05) is 17.7 Å². The highest BCUT2D eigenvalue weighted by Gasteiger charge is 2.29. The molecule has 1 aliphatic rings. The minimum Gasteiger partial charge on any atom is -0.379 e. The van der Waals surface area contributed by atoms with Gasteiger partial charge in [0.15, 0.2) is 0 Å². The van der Waals surface area contributed by atoms with Gasteiger partial charge in [-0.05, 0) is 36.8 Å². The van der Waals surface area contributed by atoms with Crippen LogP contribution in [0.25, 0.3) is 0 Å². The maximum Gasteiger partial charge on any atom is 0.253 e. The standard InChI is InChI=1S/C18H18ClFN2O3/c19-15-9-12(20)4-5-14(15)18(23)22-16-6-8-24-11-17(16)25-10-13-3-1-2-7-21-13/h1-5,7,9,16-17H,6,8,10-11H2,(H,22,23)/t16-,17-/m1/s1. The normalized spacial score (nSPS) is 20.2. The molecule has 5 nitrogen and oxygen atoms in total. The zero-order valence-electron chi connectivity index (χ0n) is 13.5. The summed E-state index contributed by atoms with van der Waals surface area (Å²) in [5.41, 5.74) is 1.04. The fourth-order valence-electron chi connectivity index (χ4n) is 2.64. The van der Waals surface area contributed by atoms with Crippen molar-refractivity contribution in [3.8, 4) is 0 Å². The first-order chi connectivity index (χ1) is 12.1. The molecule has 0 spiro atoms. The van der Waals surface area contributed by atoms with E-state index >= 15 is 0 Å². The van der Waals surface area contributed by atoms with Crippen molar-refractivity contribution in [1.29, 1.82) is 0 Å². The zero-order chi connectivity index (χ0) is 17.6. The number of pyridine rings is 1. The van der Waals surface area contributed by atoms with Crippen molar-refractivity contribution in [3.63, 3.8) is 0 Å². The molecule has 2 heterocycles. The minimum atomic E-state index is -0.482. The smallest absolute Gasteiger partial charge is 0.253 e. The van der Waals surface area contributed by atoms with Crippen LogP contribution in [-0.2, 0) is 16.1 Å². The fourth-order valence-corrected chi connectivity index (χ4v) is 2.89. The summed E-state index contributed by atoms with van der Waals surface area (Å²) < 4.78 is 24.5. The van der Waals surface area contributed by atoms with Crippen LogP contribution < -0.4 is 5.32 Å². The predicted molar refractivity (Wildman–Crippen MR) is 90.9 cm³/mol. The van der Waals surface area contributed by atoms with Gasteiger partial charge in [-0.3, -0.25) is 9.78 Å². The van der Waals surface area contributed by atoms with Gasteiger partial charge in [0.25, 0.3) is 5.91 Å². The molecule has 1 aliphatic heterocycles. The number of nitrogens with one attached hydrogen (secondary N) is 1. The van der Waals surface area contributed by atoms with Crippen LogP contribution in [0.4, 0.5) is 4.39 Å². The van der Waals surface area contributed by atoms with Crippen LogP contribution in [-0.4, -0.2) is 36.3 Å². The average molecular weight is 365 g/mol. The summed E-state index contributed by atoms with van der Waals surface area (Å²) in [5, 5.41) is 2.99. The third-order valence-electron chi connectivity index (χ3n) is 3.97. The highest BCUT2D eigenvalue weighted by molar-refractivity contribution is 6.33. The molecule has 1 aromatic carbocycles. The van der Waals surface area contributed by atoms with Gasteiger partial charge < -0.3 is 14.8 Å². The van der Waals surface area contributed by atoms with Crippen molar-refractivity contribution in [2.24, 2.45) is 0 Å². The number of halogens is 2. The number of aromatic nitrogens is 1. The molecule has 1 amide bonds. The van der Waals surface area contributed by atoms with E-state index in [1.54, 1.807) is 6.20 Å². The van der Waals surface area contributed by atoms with Crippen molar-refractivity contribution >= 4 is 17.5 Å². The van der Waals surface area contributed by atoms with Crippen LogP contribution in [0.1, 0.15) is 22.5 Å². The molecule has 1 fully saturated rings. The fraction of sp³-hybridized carbons (Fsp3) is 0.333. The van der Waals surface area contributed by atoms with Crippen molar-refractivity contribution in [2.45, 2.75) is 25.2 Å². The van der Waals surface area contributed by atoms with Crippen molar-refractivity contribution in [2.75, 3.05) is 13.2 Å². The molecule has 2 atom stereocenters. The third-order valence-corrected chi connectivity index (χ3v) is 4.28. The Morgan fingerprint density at radius 3 is 3.04 bits per heavy atom. The molecule has 7 heteroatoms. The van der Waals surface area contributed by atoms with Crippen molar-refractivity contribution in [1.82, 2.24) is 10.3 Å². The van der Waals surface area contributed by atoms with E-state index in [0.717, 1.165) is 11.8 Å². The van der Waals surface area contributed by atoms with E-state index in [2.05, 4.69) is 10.3 Å². The monoisotopic (exact) mass is 364 g/mol. The first-order valence-electron chi connectivity index (χ1n) is 7.98. The number of rotatable bonds is 5. The number of ether oxygens (including phenoxy) is 2. The van der Waals surface area contributed by atoms with E-state index in [9.17, 15) is 9.18 Å². The molecule has 132 valence electrons. The summed E-state index contributed by atoms with van der Waals surface area (Å²) in [4.78, 5) is 16.6. The zero-order valence-corrected chi connectivity index (χ0v) is 14.2. The van der Waals surface area contributed by atoms with Gasteiger partial charge in [-0.2, -0.15) is 0 Å². The lowest BCUT2D eigenvalue weighted by Gasteiger charge is -2.32.